The van der Waals surface area contributed by atoms with Crippen molar-refractivity contribution in [2.45, 2.75) is 0 Å². The maximum Gasteiger partial charge on any atom is 0.146 e. The van der Waals surface area contributed by atoms with Gasteiger partial charge in [0.15, 0.2) is 0 Å². The van der Waals surface area contributed by atoms with E-state index in [0.717, 1.165) is 11.5 Å². The second kappa shape index (κ2) is 9.11. The summed E-state index contributed by atoms with van der Waals surface area (Å²) in [7, 11) is 0. The van der Waals surface area contributed by atoms with Crippen molar-refractivity contribution >= 4 is 29.7 Å². The van der Waals surface area contributed by atoms with Crippen LogP contribution in [0.1, 0.15) is 0 Å². The molecule has 0 bridgehead atoms. The molecule has 0 atom stereocenters. The summed E-state index contributed by atoms with van der Waals surface area (Å²) in [5.74, 6) is 4.41. The van der Waals surface area contributed by atoms with Gasteiger partial charge in [-0.1, -0.05) is 6.08 Å². The highest BCUT2D eigenvalue weighted by atomic mass is 32.2. The second-order valence-corrected chi connectivity index (χ2v) is 3.97. The van der Waals surface area contributed by atoms with Gasteiger partial charge in [-0.15, -0.1) is 6.58 Å². The number of thioether (sulfide) groups is 2. The molecule has 2 N–H and O–H groups in total. The monoisotopic (exact) mass is 176 g/mol. The maximum absolute atomic E-state index is 5.20. The number of nitrogens with two attached hydrogens (primary N) is 1. The van der Waals surface area contributed by atoms with E-state index in [2.05, 4.69) is 6.58 Å². The zero-order chi connectivity index (χ0) is 7.66. The third-order valence-electron chi connectivity index (χ3n) is 0.822. The van der Waals surface area contributed by atoms with Crippen molar-refractivity contribution < 1.29 is 5.41 Å². The molecule has 0 aromatic carbocycles. The molecule has 0 aromatic rings. The van der Waals surface area contributed by atoms with Gasteiger partial charge in [0.2, 0.25) is 0 Å². The number of rotatable bonds is 7. The molecule has 0 rings (SSSR count). The van der Waals surface area contributed by atoms with Gasteiger partial charge in [-0.2, -0.15) is 23.5 Å². The Hall–Kier alpha value is 0.110. The first-order chi connectivity index (χ1) is 4.91. The average molecular weight is 176 g/mol. The standard InChI is InChI=1S/C7H13NS2/c1-2-4-9-6-7-10-5-3-8/h2-3,8H,1,4-7H2/p+1. The van der Waals surface area contributed by atoms with Crippen molar-refractivity contribution in [2.24, 2.45) is 0 Å². The number of hydrogen-bond donors (Lipinski definition) is 1. The highest BCUT2D eigenvalue weighted by Gasteiger charge is 1.87. The second-order valence-electron chi connectivity index (χ2n) is 1.67. The van der Waals surface area contributed by atoms with Gasteiger partial charge in [0.05, 0.1) is 5.75 Å². The highest BCUT2D eigenvalue weighted by molar-refractivity contribution is 8.03. The minimum absolute atomic E-state index is 0.967. The van der Waals surface area contributed by atoms with E-state index < -0.39 is 0 Å². The summed E-state index contributed by atoms with van der Waals surface area (Å²) in [6, 6.07) is 0. The van der Waals surface area contributed by atoms with Gasteiger partial charge in [-0.3, -0.25) is 5.41 Å². The molecule has 3 heteroatoms. The lowest BCUT2D eigenvalue weighted by Gasteiger charge is -1.94. The Morgan fingerprint density at radius 2 is 1.80 bits per heavy atom. The van der Waals surface area contributed by atoms with Gasteiger partial charge in [0.25, 0.3) is 0 Å². The summed E-state index contributed by atoms with van der Waals surface area (Å²) in [4.78, 5) is 0. The van der Waals surface area contributed by atoms with Crippen molar-refractivity contribution in [3.05, 3.63) is 12.7 Å². The third-order valence-corrected chi connectivity index (χ3v) is 2.97. The minimum Gasteiger partial charge on any atom is -0.263 e. The first-order valence-corrected chi connectivity index (χ1v) is 5.52. The third kappa shape index (κ3) is 8.11. The quantitative estimate of drug-likeness (QED) is 0.347. The van der Waals surface area contributed by atoms with Crippen molar-refractivity contribution in [3.63, 3.8) is 0 Å². The lowest BCUT2D eigenvalue weighted by atomic mass is 10.8. The summed E-state index contributed by atoms with van der Waals surface area (Å²) >= 11 is 3.78. The molecule has 0 heterocycles. The average Bonchev–Trinajstić information content (AvgIpc) is 1.97. The molecule has 0 aliphatic rings. The van der Waals surface area contributed by atoms with Crippen molar-refractivity contribution in [2.75, 3.05) is 23.0 Å². The summed E-state index contributed by atoms with van der Waals surface area (Å²) in [6.07, 6.45) is 3.63. The SMILES string of the molecule is C=CCSCCSCC=[NH2+]. The topological polar surface area (TPSA) is 25.6 Å². The molecule has 0 aromatic heterocycles. The van der Waals surface area contributed by atoms with Crippen molar-refractivity contribution in [3.8, 4) is 0 Å². The van der Waals surface area contributed by atoms with E-state index in [1.54, 1.807) is 6.21 Å². The predicted molar refractivity (Wildman–Crippen MR) is 52.8 cm³/mol. The first-order valence-electron chi connectivity index (χ1n) is 3.21. The molecular weight excluding hydrogens is 162 g/mol. The molecule has 0 aliphatic heterocycles. The summed E-state index contributed by atoms with van der Waals surface area (Å²) in [5, 5.41) is 5.20. The zero-order valence-electron chi connectivity index (χ0n) is 6.08. The lowest BCUT2D eigenvalue weighted by molar-refractivity contribution is -0.105. The van der Waals surface area contributed by atoms with Crippen LogP contribution in [0.25, 0.3) is 0 Å². The van der Waals surface area contributed by atoms with E-state index in [0.29, 0.717) is 0 Å². The van der Waals surface area contributed by atoms with E-state index in [1.807, 2.05) is 29.6 Å². The van der Waals surface area contributed by atoms with Gasteiger partial charge < -0.3 is 0 Å². The Morgan fingerprint density at radius 3 is 2.30 bits per heavy atom. The molecule has 0 amide bonds. The summed E-state index contributed by atoms with van der Waals surface area (Å²) in [5.41, 5.74) is 0. The van der Waals surface area contributed by atoms with Crippen LogP contribution in [0, 0.1) is 0 Å². The molecule has 0 fully saturated rings. The van der Waals surface area contributed by atoms with Crippen LogP contribution in [-0.4, -0.2) is 29.2 Å². The van der Waals surface area contributed by atoms with Crippen LogP contribution in [0.5, 0.6) is 0 Å². The molecule has 0 saturated heterocycles. The molecule has 0 saturated carbocycles. The minimum atomic E-state index is 0.967. The van der Waals surface area contributed by atoms with Crippen LogP contribution in [0.4, 0.5) is 0 Å². The van der Waals surface area contributed by atoms with Crippen LogP contribution < -0.4 is 5.41 Å². The Balaban J connectivity index is 2.76. The van der Waals surface area contributed by atoms with Gasteiger partial charge >= 0.3 is 0 Å². The van der Waals surface area contributed by atoms with Crippen LogP contribution in [0.3, 0.4) is 0 Å². The summed E-state index contributed by atoms with van der Waals surface area (Å²) < 4.78 is 0. The van der Waals surface area contributed by atoms with Gasteiger partial charge in [0.1, 0.15) is 6.21 Å². The predicted octanol–water partition coefficient (Wildman–Crippen LogP) is 0.469. The molecule has 10 heavy (non-hydrogen) atoms. The van der Waals surface area contributed by atoms with E-state index in [-0.39, 0.29) is 0 Å². The summed E-state index contributed by atoms with van der Waals surface area (Å²) in [6.45, 7) is 3.64. The fourth-order valence-corrected chi connectivity index (χ4v) is 2.01. The van der Waals surface area contributed by atoms with Crippen LogP contribution in [-0.2, 0) is 0 Å². The zero-order valence-corrected chi connectivity index (χ0v) is 7.72. The lowest BCUT2D eigenvalue weighted by Crippen LogP contribution is -2.30. The Labute approximate surface area is 71.2 Å². The molecule has 0 unspecified atom stereocenters. The van der Waals surface area contributed by atoms with Crippen LogP contribution in [0.15, 0.2) is 12.7 Å². The van der Waals surface area contributed by atoms with Crippen molar-refractivity contribution in [1.82, 2.24) is 0 Å². The molecular formula is C7H14NS2+. The van der Waals surface area contributed by atoms with Crippen molar-refractivity contribution in [1.29, 1.82) is 0 Å². The Kier molecular flexibility index (Phi) is 9.21. The van der Waals surface area contributed by atoms with Gasteiger partial charge in [-0.25, -0.2) is 0 Å². The van der Waals surface area contributed by atoms with E-state index >= 15 is 0 Å². The van der Waals surface area contributed by atoms with E-state index in [9.17, 15) is 0 Å². The molecule has 58 valence electrons. The molecule has 0 spiro atoms. The van der Waals surface area contributed by atoms with Crippen LogP contribution in [0.2, 0.25) is 0 Å². The van der Waals surface area contributed by atoms with E-state index in [1.165, 1.54) is 11.5 Å². The first kappa shape index (κ1) is 10.1. The van der Waals surface area contributed by atoms with E-state index in [4.69, 9.17) is 5.41 Å². The number of hydrogen-bond acceptors (Lipinski definition) is 2. The fraction of sp³-hybridized carbons (Fsp3) is 0.571. The molecule has 0 radical (unpaired) electrons. The van der Waals surface area contributed by atoms with Gasteiger partial charge in [0, 0.05) is 17.3 Å². The molecule has 0 aliphatic carbocycles. The maximum atomic E-state index is 5.20. The fourth-order valence-electron chi connectivity index (χ4n) is 0.436. The van der Waals surface area contributed by atoms with Gasteiger partial charge in [-0.05, 0) is 0 Å². The largest absolute Gasteiger partial charge is 0.263 e. The van der Waals surface area contributed by atoms with Crippen LogP contribution >= 0.6 is 23.5 Å². The Morgan fingerprint density at radius 1 is 1.20 bits per heavy atom. The smallest absolute Gasteiger partial charge is 0.146 e. The Bertz CT molecular complexity index is 81.6. The highest BCUT2D eigenvalue weighted by Crippen LogP contribution is 2.05. The normalized spacial score (nSPS) is 9.20. The molecule has 1 nitrogen and oxygen atoms in total.